The van der Waals surface area contributed by atoms with Crippen molar-refractivity contribution in [1.29, 1.82) is 0 Å². The topological polar surface area (TPSA) is 12.5 Å². The van der Waals surface area contributed by atoms with Crippen LogP contribution in [0.15, 0.2) is 11.5 Å². The average Bonchev–Trinajstić information content (AvgIpc) is 2.88. The maximum atomic E-state index is 6.65. The predicted molar refractivity (Wildman–Crippen MR) is 117 cm³/mol. The Labute approximate surface area is 157 Å². The second-order valence-corrected chi connectivity index (χ2v) is 22.9. The Hall–Kier alpha value is 0.124. The molecule has 1 aliphatic heterocycles. The van der Waals surface area contributed by atoms with Gasteiger partial charge in [0.05, 0.1) is 0 Å². The monoisotopic (exact) mass is 387 g/mol. The lowest BCUT2D eigenvalue weighted by atomic mass is 10.1. The summed E-state index contributed by atoms with van der Waals surface area (Å²) in [5.41, 5.74) is 1.55. The van der Waals surface area contributed by atoms with Crippen molar-refractivity contribution in [2.45, 2.75) is 97.7 Å². The van der Waals surface area contributed by atoms with Crippen LogP contribution in [0.25, 0.3) is 0 Å². The molecule has 0 aromatic rings. The summed E-state index contributed by atoms with van der Waals surface area (Å²) < 4.78 is 6.65. The summed E-state index contributed by atoms with van der Waals surface area (Å²) in [6.45, 7) is 20.1. The quantitative estimate of drug-likeness (QED) is 0.306. The van der Waals surface area contributed by atoms with Gasteiger partial charge in [-0.3, -0.25) is 0 Å². The number of rotatable bonds is 10. The first-order chi connectivity index (χ1) is 11.1. The molecule has 0 bridgehead atoms. The van der Waals surface area contributed by atoms with Crippen LogP contribution in [0.2, 0.25) is 39.3 Å². The minimum absolute atomic E-state index is 0.693. The van der Waals surface area contributed by atoms with Gasteiger partial charge in [0, 0.05) is 12.6 Å². The van der Waals surface area contributed by atoms with E-state index in [0.717, 1.165) is 6.42 Å². The normalized spacial score (nSPS) is 20.3. The van der Waals surface area contributed by atoms with Gasteiger partial charge >= 0.3 is 0 Å². The third-order valence-electron chi connectivity index (χ3n) is 4.31. The van der Waals surface area contributed by atoms with E-state index in [4.69, 9.17) is 4.43 Å². The van der Waals surface area contributed by atoms with Gasteiger partial charge in [0.2, 0.25) is 8.32 Å². The van der Waals surface area contributed by atoms with E-state index in [9.17, 15) is 0 Å². The molecular weight excluding hydrogens is 346 g/mol. The Bertz CT molecular complexity index is 413. The Kier molecular flexibility index (Phi) is 8.98. The molecule has 24 heavy (non-hydrogen) atoms. The van der Waals surface area contributed by atoms with E-state index in [0.29, 0.717) is 6.04 Å². The summed E-state index contributed by atoms with van der Waals surface area (Å²) in [6, 6.07) is 0.693. The molecule has 1 atom stereocenters. The molecule has 0 aromatic heterocycles. The van der Waals surface area contributed by atoms with Gasteiger partial charge in [0.15, 0.2) is 5.88 Å². The largest absolute Gasteiger partial charge is 0.533 e. The summed E-state index contributed by atoms with van der Waals surface area (Å²) in [5.74, 6) is 2.59. The van der Waals surface area contributed by atoms with Gasteiger partial charge in [-0.1, -0.05) is 39.9 Å². The summed E-state index contributed by atoms with van der Waals surface area (Å²) >= 11 is 2.24. The molecule has 0 amide bonds. The van der Waals surface area contributed by atoms with Gasteiger partial charge < -0.3 is 9.33 Å². The molecule has 1 heterocycles. The first-order valence-electron chi connectivity index (χ1n) is 9.89. The van der Waals surface area contributed by atoms with Gasteiger partial charge in [0.25, 0.3) is 0 Å². The summed E-state index contributed by atoms with van der Waals surface area (Å²) in [7, 11) is -2.58. The first-order valence-corrected chi connectivity index (χ1v) is 18.5. The maximum absolute atomic E-state index is 6.65. The third-order valence-corrected chi connectivity index (χ3v) is 9.63. The number of allylic oxidation sites excluding steroid dienone is 1. The van der Waals surface area contributed by atoms with Crippen LogP contribution in [0.4, 0.5) is 0 Å². The molecule has 0 spiro atoms. The van der Waals surface area contributed by atoms with E-state index >= 15 is 0 Å². The van der Waals surface area contributed by atoms with Crippen molar-refractivity contribution in [2.24, 2.45) is 0 Å². The van der Waals surface area contributed by atoms with E-state index in [2.05, 4.69) is 69.2 Å². The lowest BCUT2D eigenvalue weighted by Gasteiger charge is -2.35. The van der Waals surface area contributed by atoms with Crippen LogP contribution in [-0.2, 0) is 4.43 Å². The van der Waals surface area contributed by atoms with Crippen LogP contribution >= 0.6 is 11.2 Å². The highest BCUT2D eigenvalue weighted by Gasteiger charge is 2.31. The smallest absolute Gasteiger partial charge is 0.244 e. The fraction of sp³-hybridized carbons (Fsp3) is 0.895. The van der Waals surface area contributed by atoms with Crippen LogP contribution in [-0.4, -0.2) is 38.8 Å². The Morgan fingerprint density at radius 2 is 1.79 bits per heavy atom. The molecule has 1 rings (SSSR count). The molecule has 0 unspecified atom stereocenters. The zero-order valence-corrected chi connectivity index (χ0v) is 20.3. The zero-order valence-electron chi connectivity index (χ0n) is 17.5. The fourth-order valence-electron chi connectivity index (χ4n) is 3.26. The predicted octanol–water partition coefficient (Wildman–Crippen LogP) is 6.68. The van der Waals surface area contributed by atoms with Crippen LogP contribution in [0, 0.1) is 0 Å². The number of hydrogen-bond donors (Lipinski definition) is 0. The molecule has 1 fully saturated rings. The third kappa shape index (κ3) is 8.00. The number of likely N-dealkylation sites (tertiary alicyclic amines) is 1. The van der Waals surface area contributed by atoms with Crippen molar-refractivity contribution in [1.82, 2.24) is 4.90 Å². The number of nitrogens with zero attached hydrogens (tertiary/aromatic N) is 1. The highest BCUT2D eigenvalue weighted by molar-refractivity contribution is 8.28. The van der Waals surface area contributed by atoms with Crippen LogP contribution < -0.4 is 0 Å². The van der Waals surface area contributed by atoms with Gasteiger partial charge in [-0.25, -0.2) is 0 Å². The first kappa shape index (κ1) is 22.2. The molecule has 1 aliphatic rings. The van der Waals surface area contributed by atoms with E-state index in [1.807, 2.05) is 0 Å². The molecular formula is C19H41NOSSi2. The molecule has 1 saturated heterocycles. The van der Waals surface area contributed by atoms with Crippen LogP contribution in [0.3, 0.4) is 0 Å². The highest BCUT2D eigenvalue weighted by Crippen LogP contribution is 2.32. The lowest BCUT2D eigenvalue weighted by Crippen LogP contribution is -2.37. The van der Waals surface area contributed by atoms with E-state index in [1.54, 1.807) is 5.57 Å². The SMILES string of the molecule is CCC/C(CC)=C(\O[Si](C)(C)C)N1CCC[C@H]1CCS[Si](C)(C)C. The molecule has 0 aromatic carbocycles. The molecule has 0 radical (unpaired) electrons. The van der Waals surface area contributed by atoms with E-state index < -0.39 is 15.5 Å². The molecule has 5 heteroatoms. The van der Waals surface area contributed by atoms with Gasteiger partial charge in [-0.15, -0.1) is 0 Å². The zero-order chi connectivity index (χ0) is 18.4. The van der Waals surface area contributed by atoms with Crippen molar-refractivity contribution in [3.05, 3.63) is 11.5 Å². The second kappa shape index (κ2) is 9.72. The maximum Gasteiger partial charge on any atom is 0.244 e. The minimum atomic E-state index is -1.58. The van der Waals surface area contributed by atoms with E-state index in [-0.39, 0.29) is 0 Å². The Balaban J connectivity index is 2.90. The van der Waals surface area contributed by atoms with Crippen molar-refractivity contribution in [2.75, 3.05) is 12.3 Å². The molecule has 0 saturated carbocycles. The van der Waals surface area contributed by atoms with E-state index in [1.165, 1.54) is 50.3 Å². The Morgan fingerprint density at radius 3 is 2.29 bits per heavy atom. The lowest BCUT2D eigenvalue weighted by molar-refractivity contribution is 0.188. The van der Waals surface area contributed by atoms with Gasteiger partial charge in [-0.05, 0) is 63.1 Å². The molecule has 2 nitrogen and oxygen atoms in total. The van der Waals surface area contributed by atoms with Crippen LogP contribution in [0.5, 0.6) is 0 Å². The second-order valence-electron chi connectivity index (χ2n) is 8.97. The molecule has 0 aliphatic carbocycles. The van der Waals surface area contributed by atoms with Crippen LogP contribution in [0.1, 0.15) is 52.4 Å². The summed E-state index contributed by atoms with van der Waals surface area (Å²) in [4.78, 5) is 2.65. The van der Waals surface area contributed by atoms with Crippen molar-refractivity contribution >= 4 is 26.8 Å². The molecule has 0 N–H and O–H groups in total. The minimum Gasteiger partial charge on any atom is -0.533 e. The van der Waals surface area contributed by atoms with Gasteiger partial charge in [-0.2, -0.15) is 11.2 Å². The highest BCUT2D eigenvalue weighted by atomic mass is 32.4. The Morgan fingerprint density at radius 1 is 1.12 bits per heavy atom. The summed E-state index contributed by atoms with van der Waals surface area (Å²) in [5, 5.41) is 0. The standard InChI is InChI=1S/C19H41NOSSi2/c1-9-12-17(10-2)19(21-23(3,4)5)20-15-11-13-18(20)14-16-22-24(6,7)8/h18H,9-16H2,1-8H3/b19-17-/t18-/m0/s1. The number of hydrogen-bond acceptors (Lipinski definition) is 3. The average molecular weight is 388 g/mol. The van der Waals surface area contributed by atoms with Crippen molar-refractivity contribution in [3.8, 4) is 0 Å². The van der Waals surface area contributed by atoms with Crippen molar-refractivity contribution < 1.29 is 4.43 Å². The molecule has 142 valence electrons. The van der Waals surface area contributed by atoms with Gasteiger partial charge in [0.1, 0.15) is 7.22 Å². The fourth-order valence-corrected chi connectivity index (χ4v) is 7.30. The summed E-state index contributed by atoms with van der Waals surface area (Å²) in [6.07, 6.45) is 7.50. The van der Waals surface area contributed by atoms with Crippen molar-refractivity contribution in [3.63, 3.8) is 0 Å².